The van der Waals surface area contributed by atoms with Crippen molar-refractivity contribution in [2.45, 2.75) is 38.7 Å². The minimum Gasteiger partial charge on any atom is -0.392 e. The van der Waals surface area contributed by atoms with Crippen molar-refractivity contribution < 1.29 is 13.9 Å². The van der Waals surface area contributed by atoms with Gasteiger partial charge < -0.3 is 5.11 Å². The predicted octanol–water partition coefficient (Wildman–Crippen LogP) is 4.23. The number of hydrogen-bond acceptors (Lipinski definition) is 1. The van der Waals surface area contributed by atoms with E-state index in [9.17, 15) is 13.9 Å². The molecule has 0 fully saturated rings. The Morgan fingerprint density at radius 2 is 1.48 bits per heavy atom. The molecule has 0 spiro atoms. The van der Waals surface area contributed by atoms with E-state index in [1.54, 1.807) is 0 Å². The van der Waals surface area contributed by atoms with Crippen LogP contribution in [-0.4, -0.2) is 11.2 Å². The summed E-state index contributed by atoms with van der Waals surface area (Å²) in [7, 11) is 0. The molecule has 0 aliphatic heterocycles. The standard InChI is InChI=1S/C18H20F2O/c1-12(2)14-8-6-13(7-9-14)10-15(21)11-16-17(19)4-3-5-18(16)20/h3-9,12,15,21H,10-11H2,1-2H3. The Morgan fingerprint density at radius 3 is 2.00 bits per heavy atom. The topological polar surface area (TPSA) is 20.2 Å². The van der Waals surface area contributed by atoms with Gasteiger partial charge in [-0.15, -0.1) is 0 Å². The van der Waals surface area contributed by atoms with Crippen LogP contribution in [0.2, 0.25) is 0 Å². The van der Waals surface area contributed by atoms with Crippen molar-refractivity contribution in [3.8, 4) is 0 Å². The van der Waals surface area contributed by atoms with Crippen LogP contribution in [0.25, 0.3) is 0 Å². The third kappa shape index (κ3) is 4.11. The first-order valence-corrected chi connectivity index (χ1v) is 7.17. The average Bonchev–Trinajstić information content (AvgIpc) is 2.43. The fraction of sp³-hybridized carbons (Fsp3) is 0.333. The Kier molecular flexibility index (Phi) is 5.07. The molecule has 2 aromatic carbocycles. The van der Waals surface area contributed by atoms with Crippen molar-refractivity contribution in [3.63, 3.8) is 0 Å². The highest BCUT2D eigenvalue weighted by molar-refractivity contribution is 5.26. The fourth-order valence-electron chi connectivity index (χ4n) is 2.35. The summed E-state index contributed by atoms with van der Waals surface area (Å²) in [4.78, 5) is 0. The number of rotatable bonds is 5. The molecule has 1 nitrogen and oxygen atoms in total. The zero-order valence-corrected chi connectivity index (χ0v) is 12.3. The SMILES string of the molecule is CC(C)c1ccc(CC(O)Cc2c(F)cccc2F)cc1. The molecule has 0 radical (unpaired) electrons. The summed E-state index contributed by atoms with van der Waals surface area (Å²) in [5, 5.41) is 10.1. The molecule has 2 rings (SSSR count). The number of halogens is 2. The number of hydrogen-bond donors (Lipinski definition) is 1. The van der Waals surface area contributed by atoms with Gasteiger partial charge in [0.2, 0.25) is 0 Å². The zero-order chi connectivity index (χ0) is 15.4. The summed E-state index contributed by atoms with van der Waals surface area (Å²) < 4.78 is 27.1. The van der Waals surface area contributed by atoms with E-state index in [0.717, 1.165) is 5.56 Å². The van der Waals surface area contributed by atoms with Gasteiger partial charge in [-0.05, 0) is 35.6 Å². The van der Waals surface area contributed by atoms with Crippen molar-refractivity contribution in [1.82, 2.24) is 0 Å². The average molecular weight is 290 g/mol. The van der Waals surface area contributed by atoms with Crippen LogP contribution in [0, 0.1) is 11.6 Å². The summed E-state index contributed by atoms with van der Waals surface area (Å²) in [6, 6.07) is 11.7. The molecule has 2 aromatic rings. The Hall–Kier alpha value is -1.74. The van der Waals surface area contributed by atoms with E-state index in [0.29, 0.717) is 12.3 Å². The highest BCUT2D eigenvalue weighted by atomic mass is 19.1. The molecular formula is C18H20F2O. The maximum Gasteiger partial charge on any atom is 0.129 e. The van der Waals surface area contributed by atoms with Crippen LogP contribution < -0.4 is 0 Å². The van der Waals surface area contributed by atoms with Crippen molar-refractivity contribution in [3.05, 3.63) is 70.8 Å². The van der Waals surface area contributed by atoms with E-state index in [1.807, 2.05) is 24.3 Å². The normalized spacial score (nSPS) is 12.7. The molecular weight excluding hydrogens is 270 g/mol. The Labute approximate surface area is 124 Å². The zero-order valence-electron chi connectivity index (χ0n) is 12.3. The Bertz CT molecular complexity index is 570. The number of benzene rings is 2. The second kappa shape index (κ2) is 6.81. The lowest BCUT2D eigenvalue weighted by molar-refractivity contribution is 0.172. The van der Waals surface area contributed by atoms with Gasteiger partial charge in [-0.3, -0.25) is 0 Å². The van der Waals surface area contributed by atoms with Crippen LogP contribution in [0.5, 0.6) is 0 Å². The lowest BCUT2D eigenvalue weighted by Gasteiger charge is -2.13. The first-order chi connectivity index (χ1) is 9.97. The predicted molar refractivity (Wildman–Crippen MR) is 80.3 cm³/mol. The van der Waals surface area contributed by atoms with Crippen molar-refractivity contribution >= 4 is 0 Å². The van der Waals surface area contributed by atoms with Crippen LogP contribution in [0.3, 0.4) is 0 Å². The van der Waals surface area contributed by atoms with Gasteiger partial charge in [0.05, 0.1) is 6.10 Å². The fourth-order valence-corrected chi connectivity index (χ4v) is 2.35. The minimum atomic E-state index is -0.804. The van der Waals surface area contributed by atoms with Crippen LogP contribution >= 0.6 is 0 Å². The van der Waals surface area contributed by atoms with Gasteiger partial charge in [0, 0.05) is 12.0 Å². The maximum absolute atomic E-state index is 13.5. The molecule has 0 amide bonds. The van der Waals surface area contributed by atoms with E-state index in [4.69, 9.17) is 0 Å². The van der Waals surface area contributed by atoms with Gasteiger partial charge in [0.15, 0.2) is 0 Å². The van der Waals surface area contributed by atoms with E-state index < -0.39 is 17.7 Å². The van der Waals surface area contributed by atoms with Crippen LogP contribution in [0.4, 0.5) is 8.78 Å². The lowest BCUT2D eigenvalue weighted by Crippen LogP contribution is -2.16. The maximum atomic E-state index is 13.5. The van der Waals surface area contributed by atoms with Crippen LogP contribution in [-0.2, 0) is 12.8 Å². The molecule has 0 aromatic heterocycles. The summed E-state index contributed by atoms with van der Waals surface area (Å²) in [6.45, 7) is 4.23. The molecule has 1 atom stereocenters. The smallest absolute Gasteiger partial charge is 0.129 e. The molecule has 21 heavy (non-hydrogen) atoms. The molecule has 0 saturated carbocycles. The van der Waals surface area contributed by atoms with Gasteiger partial charge in [-0.25, -0.2) is 8.78 Å². The van der Waals surface area contributed by atoms with Gasteiger partial charge in [-0.2, -0.15) is 0 Å². The third-order valence-corrected chi connectivity index (χ3v) is 3.62. The third-order valence-electron chi connectivity index (χ3n) is 3.62. The molecule has 0 saturated heterocycles. The molecule has 0 bridgehead atoms. The van der Waals surface area contributed by atoms with Gasteiger partial charge in [0.1, 0.15) is 11.6 Å². The summed E-state index contributed by atoms with van der Waals surface area (Å²) in [5.41, 5.74) is 2.14. The number of aliphatic hydroxyl groups excluding tert-OH is 1. The molecule has 3 heteroatoms. The van der Waals surface area contributed by atoms with Crippen molar-refractivity contribution in [2.24, 2.45) is 0 Å². The summed E-state index contributed by atoms with van der Waals surface area (Å²) in [6.07, 6.45) is -0.447. The molecule has 1 unspecified atom stereocenters. The lowest BCUT2D eigenvalue weighted by atomic mass is 9.97. The largest absolute Gasteiger partial charge is 0.392 e. The summed E-state index contributed by atoms with van der Waals surface area (Å²) >= 11 is 0. The van der Waals surface area contributed by atoms with Crippen molar-refractivity contribution in [1.29, 1.82) is 0 Å². The van der Waals surface area contributed by atoms with Gasteiger partial charge >= 0.3 is 0 Å². The Balaban J connectivity index is 2.03. The Morgan fingerprint density at radius 1 is 0.905 bits per heavy atom. The highest BCUT2D eigenvalue weighted by Gasteiger charge is 2.14. The number of aliphatic hydroxyl groups is 1. The monoisotopic (exact) mass is 290 g/mol. The second-order valence-corrected chi connectivity index (χ2v) is 5.66. The quantitative estimate of drug-likeness (QED) is 0.873. The van der Waals surface area contributed by atoms with Gasteiger partial charge in [0.25, 0.3) is 0 Å². The molecule has 112 valence electrons. The minimum absolute atomic E-state index is 0.0234. The molecule has 0 heterocycles. The summed E-state index contributed by atoms with van der Waals surface area (Å²) in [5.74, 6) is -0.759. The van der Waals surface area contributed by atoms with Gasteiger partial charge in [-0.1, -0.05) is 44.2 Å². The first-order valence-electron chi connectivity index (χ1n) is 7.17. The second-order valence-electron chi connectivity index (χ2n) is 5.66. The van der Waals surface area contributed by atoms with E-state index in [-0.39, 0.29) is 12.0 Å². The van der Waals surface area contributed by atoms with E-state index >= 15 is 0 Å². The van der Waals surface area contributed by atoms with Crippen LogP contribution in [0.15, 0.2) is 42.5 Å². The molecule has 0 aliphatic carbocycles. The molecule has 1 N–H and O–H groups in total. The van der Waals surface area contributed by atoms with Crippen LogP contribution in [0.1, 0.15) is 36.5 Å². The van der Waals surface area contributed by atoms with Crippen molar-refractivity contribution in [2.75, 3.05) is 0 Å². The van der Waals surface area contributed by atoms with E-state index in [2.05, 4.69) is 13.8 Å². The van der Waals surface area contributed by atoms with E-state index in [1.165, 1.54) is 23.8 Å². The first kappa shape index (κ1) is 15.6. The molecule has 0 aliphatic rings. The highest BCUT2D eigenvalue weighted by Crippen LogP contribution is 2.18.